The standard InChI is InChI=1S/C21H22N4O3/c1-14-18(19(22)25(23-14)11-12-26)21(28)16-9-5-6-10-17(16)24(20(21)27)13-15-7-3-2-4-8-15/h2-10,26,28H,11-13,22H2,1H3. The zero-order chi connectivity index (χ0) is 19.9. The summed E-state index contributed by atoms with van der Waals surface area (Å²) in [4.78, 5) is 15.1. The SMILES string of the molecule is Cc1nn(CCO)c(N)c1C1(O)C(=O)N(Cc2ccccc2)c2ccccc21. The van der Waals surface area contributed by atoms with E-state index in [4.69, 9.17) is 5.73 Å². The van der Waals surface area contributed by atoms with Crippen molar-refractivity contribution in [1.29, 1.82) is 0 Å². The highest BCUT2D eigenvalue weighted by Gasteiger charge is 2.53. The topological polar surface area (TPSA) is 105 Å². The molecule has 1 aliphatic heterocycles. The van der Waals surface area contributed by atoms with Crippen molar-refractivity contribution in [2.45, 2.75) is 25.6 Å². The van der Waals surface area contributed by atoms with Crippen molar-refractivity contribution >= 4 is 17.4 Å². The minimum atomic E-state index is -1.92. The second-order valence-electron chi connectivity index (χ2n) is 6.90. The number of carbonyl (C=O) groups is 1. The fourth-order valence-electron chi connectivity index (χ4n) is 3.91. The lowest BCUT2D eigenvalue weighted by molar-refractivity contribution is -0.132. The van der Waals surface area contributed by atoms with Crippen LogP contribution in [0, 0.1) is 6.92 Å². The molecule has 0 spiro atoms. The molecule has 2 heterocycles. The van der Waals surface area contributed by atoms with Crippen LogP contribution < -0.4 is 10.6 Å². The molecule has 7 heteroatoms. The zero-order valence-electron chi connectivity index (χ0n) is 15.5. The van der Waals surface area contributed by atoms with E-state index in [2.05, 4.69) is 5.10 Å². The lowest BCUT2D eigenvalue weighted by Gasteiger charge is -2.24. The van der Waals surface area contributed by atoms with Crippen LogP contribution in [0.25, 0.3) is 0 Å². The maximum absolute atomic E-state index is 13.5. The average molecular weight is 378 g/mol. The van der Waals surface area contributed by atoms with Crippen LogP contribution in [0.1, 0.15) is 22.4 Å². The summed E-state index contributed by atoms with van der Waals surface area (Å²) in [6, 6.07) is 16.8. The number of nitrogens with two attached hydrogens (primary N) is 1. The molecule has 4 N–H and O–H groups in total. The van der Waals surface area contributed by atoms with E-state index in [-0.39, 0.29) is 24.5 Å². The molecule has 0 fully saturated rings. The molecule has 7 nitrogen and oxygen atoms in total. The van der Waals surface area contributed by atoms with Crippen molar-refractivity contribution in [3.05, 3.63) is 77.0 Å². The number of nitrogen functional groups attached to an aromatic ring is 1. The van der Waals surface area contributed by atoms with Crippen molar-refractivity contribution in [2.75, 3.05) is 17.2 Å². The highest BCUT2D eigenvalue weighted by Crippen LogP contribution is 2.47. The number of anilines is 2. The number of nitrogens with zero attached hydrogens (tertiary/aromatic N) is 3. The van der Waals surface area contributed by atoms with Gasteiger partial charge in [-0.15, -0.1) is 0 Å². The first-order chi connectivity index (χ1) is 13.5. The molecular formula is C21H22N4O3. The molecule has 0 aliphatic carbocycles. The van der Waals surface area contributed by atoms with E-state index < -0.39 is 11.5 Å². The highest BCUT2D eigenvalue weighted by molar-refractivity contribution is 6.09. The van der Waals surface area contributed by atoms with Crippen LogP contribution >= 0.6 is 0 Å². The number of para-hydroxylation sites is 1. The predicted molar refractivity (Wildman–Crippen MR) is 106 cm³/mol. The van der Waals surface area contributed by atoms with E-state index in [0.717, 1.165) is 5.56 Å². The molecule has 1 amide bonds. The lowest BCUT2D eigenvalue weighted by atomic mass is 9.87. The minimum absolute atomic E-state index is 0.145. The molecule has 144 valence electrons. The number of aryl methyl sites for hydroxylation is 1. The number of carbonyl (C=O) groups excluding carboxylic acids is 1. The van der Waals surface area contributed by atoms with Crippen LogP contribution in [0.5, 0.6) is 0 Å². The smallest absolute Gasteiger partial charge is 0.269 e. The summed E-state index contributed by atoms with van der Waals surface area (Å²) in [6.45, 7) is 2.08. The van der Waals surface area contributed by atoms with Gasteiger partial charge in [-0.25, -0.2) is 4.68 Å². The number of aliphatic hydroxyl groups excluding tert-OH is 1. The minimum Gasteiger partial charge on any atom is -0.394 e. The molecule has 1 aliphatic rings. The van der Waals surface area contributed by atoms with Gasteiger partial charge in [0.1, 0.15) is 5.82 Å². The monoisotopic (exact) mass is 378 g/mol. The van der Waals surface area contributed by atoms with Crippen molar-refractivity contribution < 1.29 is 15.0 Å². The summed E-state index contributed by atoms with van der Waals surface area (Å²) in [5.74, 6) is -0.283. The number of aromatic nitrogens is 2. The molecular weight excluding hydrogens is 356 g/mol. The fraction of sp³-hybridized carbons (Fsp3) is 0.238. The van der Waals surface area contributed by atoms with E-state index in [0.29, 0.717) is 23.5 Å². The van der Waals surface area contributed by atoms with Gasteiger partial charge in [-0.05, 0) is 18.6 Å². The van der Waals surface area contributed by atoms with Crippen LogP contribution in [-0.4, -0.2) is 32.5 Å². The number of rotatable bonds is 5. The van der Waals surface area contributed by atoms with Crippen molar-refractivity contribution in [3.63, 3.8) is 0 Å². The van der Waals surface area contributed by atoms with Crippen molar-refractivity contribution in [3.8, 4) is 0 Å². The van der Waals surface area contributed by atoms with Crippen LogP contribution in [0.3, 0.4) is 0 Å². The van der Waals surface area contributed by atoms with Crippen LogP contribution in [0.4, 0.5) is 11.5 Å². The Hall–Kier alpha value is -3.16. The van der Waals surface area contributed by atoms with Gasteiger partial charge in [0, 0.05) is 5.56 Å². The molecule has 1 atom stereocenters. The Bertz CT molecular complexity index is 1030. The summed E-state index contributed by atoms with van der Waals surface area (Å²) in [6.07, 6.45) is 0. The third-order valence-corrected chi connectivity index (χ3v) is 5.16. The first kappa shape index (κ1) is 18.2. The third-order valence-electron chi connectivity index (χ3n) is 5.16. The molecule has 3 aromatic rings. The van der Waals surface area contributed by atoms with E-state index in [9.17, 15) is 15.0 Å². The first-order valence-electron chi connectivity index (χ1n) is 9.10. The van der Waals surface area contributed by atoms with E-state index in [1.165, 1.54) is 4.68 Å². The quantitative estimate of drug-likeness (QED) is 0.625. The maximum atomic E-state index is 13.5. The van der Waals surface area contributed by atoms with E-state index >= 15 is 0 Å². The number of hydrogen-bond acceptors (Lipinski definition) is 5. The Kier molecular flexibility index (Phi) is 4.41. The zero-order valence-corrected chi connectivity index (χ0v) is 15.5. The molecule has 0 radical (unpaired) electrons. The number of aliphatic hydroxyl groups is 2. The van der Waals surface area contributed by atoms with Crippen molar-refractivity contribution in [1.82, 2.24) is 9.78 Å². The normalized spacial score (nSPS) is 18.5. The van der Waals surface area contributed by atoms with Crippen LogP contribution in [0.15, 0.2) is 54.6 Å². The molecule has 0 saturated heterocycles. The first-order valence-corrected chi connectivity index (χ1v) is 9.10. The molecule has 1 aromatic heterocycles. The second kappa shape index (κ2) is 6.78. The number of benzene rings is 2. The summed E-state index contributed by atoms with van der Waals surface area (Å²) in [5, 5.41) is 25.2. The highest BCUT2D eigenvalue weighted by atomic mass is 16.3. The number of fused-ring (bicyclic) bond motifs is 1. The van der Waals surface area contributed by atoms with Crippen LogP contribution in [0.2, 0.25) is 0 Å². The molecule has 4 rings (SSSR count). The van der Waals surface area contributed by atoms with Gasteiger partial charge in [0.05, 0.1) is 36.6 Å². The van der Waals surface area contributed by atoms with Gasteiger partial charge in [-0.3, -0.25) is 4.79 Å². The second-order valence-corrected chi connectivity index (χ2v) is 6.90. The van der Waals surface area contributed by atoms with Crippen molar-refractivity contribution in [2.24, 2.45) is 0 Å². The summed E-state index contributed by atoms with van der Waals surface area (Å²) in [7, 11) is 0. The summed E-state index contributed by atoms with van der Waals surface area (Å²) in [5.41, 5.74) is 7.12. The lowest BCUT2D eigenvalue weighted by Crippen LogP contribution is -2.41. The third kappa shape index (κ3) is 2.59. The predicted octanol–water partition coefficient (Wildman–Crippen LogP) is 1.55. The molecule has 0 saturated carbocycles. The van der Waals surface area contributed by atoms with Gasteiger partial charge in [-0.1, -0.05) is 48.5 Å². The van der Waals surface area contributed by atoms with Gasteiger partial charge >= 0.3 is 0 Å². The maximum Gasteiger partial charge on any atom is 0.269 e. The largest absolute Gasteiger partial charge is 0.394 e. The molecule has 1 unspecified atom stereocenters. The number of amides is 1. The van der Waals surface area contributed by atoms with Gasteiger partial charge in [0.15, 0.2) is 0 Å². The number of hydrogen-bond donors (Lipinski definition) is 3. The Labute approximate surface area is 162 Å². The molecule has 2 aromatic carbocycles. The molecule has 0 bridgehead atoms. The van der Waals surface area contributed by atoms with Gasteiger partial charge in [0.25, 0.3) is 5.91 Å². The summed E-state index contributed by atoms with van der Waals surface area (Å²) < 4.78 is 1.42. The Morgan fingerprint density at radius 2 is 1.79 bits per heavy atom. The fourth-order valence-corrected chi connectivity index (χ4v) is 3.91. The van der Waals surface area contributed by atoms with E-state index in [1.807, 2.05) is 42.5 Å². The van der Waals surface area contributed by atoms with E-state index in [1.54, 1.807) is 24.0 Å². The van der Waals surface area contributed by atoms with Gasteiger partial charge in [-0.2, -0.15) is 5.10 Å². The Balaban J connectivity index is 1.85. The Morgan fingerprint density at radius 1 is 1.11 bits per heavy atom. The van der Waals surface area contributed by atoms with Gasteiger partial charge in [0.2, 0.25) is 5.60 Å². The average Bonchev–Trinajstić information content (AvgIpc) is 3.10. The molecule has 28 heavy (non-hydrogen) atoms. The summed E-state index contributed by atoms with van der Waals surface area (Å²) >= 11 is 0. The van der Waals surface area contributed by atoms with Crippen LogP contribution in [-0.2, 0) is 23.5 Å². The van der Waals surface area contributed by atoms with Gasteiger partial charge < -0.3 is 20.8 Å². The Morgan fingerprint density at radius 3 is 2.50 bits per heavy atom.